The molecule has 0 bridgehead atoms. The van der Waals surface area contributed by atoms with E-state index in [1.807, 2.05) is 18.2 Å². The Bertz CT molecular complexity index is 568. The van der Waals surface area contributed by atoms with Crippen LogP contribution in [0.2, 0.25) is 0 Å². The molecule has 1 aromatic rings. The summed E-state index contributed by atoms with van der Waals surface area (Å²) >= 11 is 0. The van der Waals surface area contributed by atoms with E-state index in [1.165, 1.54) is 5.56 Å². The molecule has 0 aliphatic carbocycles. The van der Waals surface area contributed by atoms with E-state index in [0.717, 1.165) is 12.1 Å². The third-order valence-corrected chi connectivity index (χ3v) is 4.29. The van der Waals surface area contributed by atoms with Crippen molar-refractivity contribution < 1.29 is 9.59 Å². The van der Waals surface area contributed by atoms with Gasteiger partial charge < -0.3 is 10.2 Å². The fourth-order valence-electron chi connectivity index (χ4n) is 2.80. The topological polar surface area (TPSA) is 49.4 Å². The van der Waals surface area contributed by atoms with Crippen molar-refractivity contribution >= 4 is 17.5 Å². The molecule has 4 heteroatoms. The predicted octanol–water partition coefficient (Wildman–Crippen LogP) is 2.86. The van der Waals surface area contributed by atoms with Crippen LogP contribution in [0.1, 0.15) is 38.2 Å². The molecule has 0 radical (unpaired) electrons. The Kier molecular flexibility index (Phi) is 5.36. The van der Waals surface area contributed by atoms with Gasteiger partial charge in [-0.25, -0.2) is 0 Å². The summed E-state index contributed by atoms with van der Waals surface area (Å²) in [6.45, 7) is 8.77. The molecule has 2 rings (SSSR count). The van der Waals surface area contributed by atoms with Gasteiger partial charge >= 0.3 is 0 Å². The number of anilines is 1. The summed E-state index contributed by atoms with van der Waals surface area (Å²) in [5, 5.41) is 2.78. The fraction of sp³-hybridized carbons (Fsp3) is 0.444. The highest BCUT2D eigenvalue weighted by Gasteiger charge is 2.35. The molecule has 2 unspecified atom stereocenters. The lowest BCUT2D eigenvalue weighted by Gasteiger charge is -2.23. The lowest BCUT2D eigenvalue weighted by Crippen LogP contribution is -2.33. The molecule has 4 nitrogen and oxygen atoms in total. The second-order valence-corrected chi connectivity index (χ2v) is 5.81. The minimum atomic E-state index is -0.280. The molecule has 0 aromatic heterocycles. The Morgan fingerprint density at radius 2 is 2.23 bits per heavy atom. The number of benzene rings is 1. The summed E-state index contributed by atoms with van der Waals surface area (Å²) < 4.78 is 0. The molecule has 0 spiro atoms. The SMILES string of the molecule is C=CCNC(=O)C1CC(=O)N(c2ccccc2C(C)CC)C1. The monoisotopic (exact) mass is 300 g/mol. The number of nitrogens with one attached hydrogen (secondary N) is 1. The molecule has 1 fully saturated rings. The Labute approximate surface area is 132 Å². The summed E-state index contributed by atoms with van der Waals surface area (Å²) in [6.07, 6.45) is 2.94. The van der Waals surface area contributed by atoms with Crippen molar-refractivity contribution in [3.63, 3.8) is 0 Å². The van der Waals surface area contributed by atoms with E-state index in [0.29, 0.717) is 19.0 Å². The van der Waals surface area contributed by atoms with E-state index in [1.54, 1.807) is 11.0 Å². The van der Waals surface area contributed by atoms with Crippen LogP contribution in [0.15, 0.2) is 36.9 Å². The van der Waals surface area contributed by atoms with Gasteiger partial charge in [-0.2, -0.15) is 0 Å². The smallest absolute Gasteiger partial charge is 0.227 e. The zero-order valence-electron chi connectivity index (χ0n) is 13.3. The molecule has 2 amide bonds. The van der Waals surface area contributed by atoms with Gasteiger partial charge in [0.1, 0.15) is 0 Å². The molecule has 2 atom stereocenters. The zero-order valence-corrected chi connectivity index (χ0v) is 13.3. The lowest BCUT2D eigenvalue weighted by molar-refractivity contribution is -0.126. The molecule has 1 saturated heterocycles. The van der Waals surface area contributed by atoms with Gasteiger partial charge in [0.25, 0.3) is 0 Å². The van der Waals surface area contributed by atoms with Crippen molar-refractivity contribution in [3.8, 4) is 0 Å². The van der Waals surface area contributed by atoms with Gasteiger partial charge in [-0.1, -0.05) is 38.1 Å². The first-order chi connectivity index (χ1) is 10.6. The van der Waals surface area contributed by atoms with Crippen molar-refractivity contribution in [3.05, 3.63) is 42.5 Å². The van der Waals surface area contributed by atoms with Gasteiger partial charge in [-0.05, 0) is 24.0 Å². The minimum absolute atomic E-state index is 0.0227. The Morgan fingerprint density at radius 1 is 1.50 bits per heavy atom. The standard InChI is InChI=1S/C18H24N2O2/c1-4-10-19-18(22)14-11-17(21)20(12-14)16-9-7-6-8-15(16)13(3)5-2/h4,6-9,13-14H,1,5,10-12H2,2-3H3,(H,19,22). The molecule has 118 valence electrons. The van der Waals surface area contributed by atoms with E-state index in [2.05, 4.69) is 31.8 Å². The van der Waals surface area contributed by atoms with E-state index in [9.17, 15) is 9.59 Å². The molecule has 1 N–H and O–H groups in total. The molecule has 22 heavy (non-hydrogen) atoms. The number of hydrogen-bond acceptors (Lipinski definition) is 2. The van der Waals surface area contributed by atoms with Gasteiger partial charge in [0.2, 0.25) is 11.8 Å². The normalized spacial score (nSPS) is 19.1. The summed E-state index contributed by atoms with van der Waals surface area (Å²) in [5.41, 5.74) is 2.12. The number of para-hydroxylation sites is 1. The van der Waals surface area contributed by atoms with E-state index < -0.39 is 0 Å². The quantitative estimate of drug-likeness (QED) is 0.821. The van der Waals surface area contributed by atoms with E-state index in [4.69, 9.17) is 0 Å². The summed E-state index contributed by atoms with van der Waals surface area (Å²) in [7, 11) is 0. The summed E-state index contributed by atoms with van der Waals surface area (Å²) in [4.78, 5) is 26.2. The van der Waals surface area contributed by atoms with E-state index >= 15 is 0 Å². The van der Waals surface area contributed by atoms with Crippen molar-refractivity contribution in [2.24, 2.45) is 5.92 Å². The maximum absolute atomic E-state index is 12.4. The largest absolute Gasteiger partial charge is 0.352 e. The van der Waals surface area contributed by atoms with Crippen molar-refractivity contribution in [2.45, 2.75) is 32.6 Å². The third-order valence-electron chi connectivity index (χ3n) is 4.29. The number of carbonyl (C=O) groups is 2. The first kappa shape index (κ1) is 16.3. The molecule has 1 heterocycles. The van der Waals surface area contributed by atoms with Crippen LogP contribution < -0.4 is 10.2 Å². The van der Waals surface area contributed by atoms with Gasteiger partial charge in [0, 0.05) is 25.2 Å². The second-order valence-electron chi connectivity index (χ2n) is 5.81. The lowest BCUT2D eigenvalue weighted by atomic mass is 9.96. The fourth-order valence-corrected chi connectivity index (χ4v) is 2.80. The highest BCUT2D eigenvalue weighted by molar-refractivity contribution is 6.00. The first-order valence-corrected chi connectivity index (χ1v) is 7.86. The third kappa shape index (κ3) is 3.38. The number of rotatable bonds is 6. The van der Waals surface area contributed by atoms with Gasteiger partial charge in [0.15, 0.2) is 0 Å². The number of amides is 2. The Hall–Kier alpha value is -2.10. The van der Waals surface area contributed by atoms with Crippen LogP contribution in [0.3, 0.4) is 0 Å². The Morgan fingerprint density at radius 3 is 2.91 bits per heavy atom. The van der Waals surface area contributed by atoms with Crippen LogP contribution in [0.25, 0.3) is 0 Å². The average molecular weight is 300 g/mol. The van der Waals surface area contributed by atoms with Gasteiger partial charge in [-0.15, -0.1) is 6.58 Å². The van der Waals surface area contributed by atoms with Crippen LogP contribution in [-0.4, -0.2) is 24.9 Å². The second kappa shape index (κ2) is 7.25. The number of hydrogen-bond donors (Lipinski definition) is 1. The summed E-state index contributed by atoms with van der Waals surface area (Å²) in [5.74, 6) is 0.0568. The van der Waals surface area contributed by atoms with Crippen molar-refractivity contribution in [2.75, 3.05) is 18.0 Å². The maximum atomic E-state index is 12.4. The van der Waals surface area contributed by atoms with Crippen LogP contribution in [-0.2, 0) is 9.59 Å². The molecule has 1 aliphatic rings. The first-order valence-electron chi connectivity index (χ1n) is 7.86. The van der Waals surface area contributed by atoms with Crippen LogP contribution in [0, 0.1) is 5.92 Å². The highest BCUT2D eigenvalue weighted by Crippen LogP contribution is 2.33. The van der Waals surface area contributed by atoms with Crippen molar-refractivity contribution in [1.82, 2.24) is 5.32 Å². The zero-order chi connectivity index (χ0) is 16.1. The van der Waals surface area contributed by atoms with Gasteiger partial charge in [-0.3, -0.25) is 9.59 Å². The van der Waals surface area contributed by atoms with Crippen LogP contribution in [0.5, 0.6) is 0 Å². The number of carbonyl (C=O) groups excluding carboxylic acids is 2. The molecule has 1 aromatic carbocycles. The molecule has 0 saturated carbocycles. The number of nitrogens with zero attached hydrogens (tertiary/aromatic N) is 1. The van der Waals surface area contributed by atoms with Gasteiger partial charge in [0.05, 0.1) is 5.92 Å². The molecule has 1 aliphatic heterocycles. The predicted molar refractivity (Wildman–Crippen MR) is 88.8 cm³/mol. The minimum Gasteiger partial charge on any atom is -0.352 e. The Balaban J connectivity index is 2.18. The van der Waals surface area contributed by atoms with Crippen LogP contribution in [0.4, 0.5) is 5.69 Å². The summed E-state index contributed by atoms with van der Waals surface area (Å²) in [6, 6.07) is 7.99. The molecular formula is C18H24N2O2. The highest BCUT2D eigenvalue weighted by atomic mass is 16.2. The van der Waals surface area contributed by atoms with Crippen LogP contribution >= 0.6 is 0 Å². The van der Waals surface area contributed by atoms with E-state index in [-0.39, 0.29) is 24.2 Å². The molecular weight excluding hydrogens is 276 g/mol. The average Bonchev–Trinajstić information content (AvgIpc) is 2.93. The van der Waals surface area contributed by atoms with Crippen molar-refractivity contribution in [1.29, 1.82) is 0 Å². The maximum Gasteiger partial charge on any atom is 0.227 e.